The molecule has 1 aliphatic heterocycles. The third-order valence-electron chi connectivity index (χ3n) is 5.25. The second-order valence-corrected chi connectivity index (χ2v) is 7.82. The summed E-state index contributed by atoms with van der Waals surface area (Å²) < 4.78 is 51.7. The zero-order valence-electron chi connectivity index (χ0n) is 18.3. The Labute approximate surface area is 194 Å². The first-order valence-electron chi connectivity index (χ1n) is 10.6. The second kappa shape index (κ2) is 11.1. The minimum absolute atomic E-state index is 0.0600. The van der Waals surface area contributed by atoms with Gasteiger partial charge in [-0.2, -0.15) is 18.3 Å². The van der Waals surface area contributed by atoms with Crippen LogP contribution in [0.25, 0.3) is 0 Å². The molecule has 1 heterocycles. The largest absolute Gasteiger partial charge is 0.416 e. The molecular formula is C24H24F4N4O2. The predicted molar refractivity (Wildman–Crippen MR) is 120 cm³/mol. The number of nitrogens with one attached hydrogen (secondary N) is 1. The number of piperazine rings is 1. The molecule has 0 spiro atoms. The standard InChI is InChI=1S/C24H24F4N4O2/c1-2-3-17-12-18(14-21(25)13-17)15-29-30-22(33)16-31-8-10-32(11-9-31)23(34)19-4-6-20(7-5-19)24(26,27)28/h2,4-7,12-15H,1,3,8-11,16H2,(H,30,33)/b29-15+. The topological polar surface area (TPSA) is 65.0 Å². The van der Waals surface area contributed by atoms with Gasteiger partial charge < -0.3 is 4.90 Å². The number of benzene rings is 2. The lowest BCUT2D eigenvalue weighted by Crippen LogP contribution is -2.50. The first-order chi connectivity index (χ1) is 16.2. The molecule has 0 aliphatic carbocycles. The Morgan fingerprint density at radius 2 is 1.74 bits per heavy atom. The number of nitrogens with zero attached hydrogens (tertiary/aromatic N) is 3. The Balaban J connectivity index is 1.46. The Hall–Kier alpha value is -3.53. The van der Waals surface area contributed by atoms with Crippen molar-refractivity contribution in [3.8, 4) is 0 Å². The van der Waals surface area contributed by atoms with E-state index in [1.807, 2.05) is 4.90 Å². The molecule has 2 aromatic rings. The zero-order valence-corrected chi connectivity index (χ0v) is 18.3. The number of alkyl halides is 3. The van der Waals surface area contributed by atoms with Crippen LogP contribution in [0.2, 0.25) is 0 Å². The van der Waals surface area contributed by atoms with Gasteiger partial charge in [-0.05, 0) is 60.0 Å². The molecule has 1 aliphatic rings. The van der Waals surface area contributed by atoms with Crippen molar-refractivity contribution in [1.29, 1.82) is 0 Å². The normalized spacial score (nSPS) is 14.9. The zero-order chi connectivity index (χ0) is 24.7. The van der Waals surface area contributed by atoms with Crippen molar-refractivity contribution in [1.82, 2.24) is 15.2 Å². The number of amides is 2. The minimum Gasteiger partial charge on any atom is -0.336 e. The average Bonchev–Trinajstić information content (AvgIpc) is 2.78. The lowest BCUT2D eigenvalue weighted by Gasteiger charge is -2.34. The summed E-state index contributed by atoms with van der Waals surface area (Å²) in [7, 11) is 0. The first kappa shape index (κ1) is 25.1. The number of hydrogen-bond acceptors (Lipinski definition) is 4. The number of carbonyl (C=O) groups excluding carboxylic acids is 2. The molecule has 1 saturated heterocycles. The molecule has 10 heteroatoms. The molecule has 1 N–H and O–H groups in total. The Bertz CT molecular complexity index is 1060. The molecule has 2 aromatic carbocycles. The molecule has 6 nitrogen and oxygen atoms in total. The smallest absolute Gasteiger partial charge is 0.336 e. The van der Waals surface area contributed by atoms with Gasteiger partial charge in [0.15, 0.2) is 0 Å². The van der Waals surface area contributed by atoms with Gasteiger partial charge in [-0.15, -0.1) is 6.58 Å². The predicted octanol–water partition coefficient (Wildman–Crippen LogP) is 3.48. The van der Waals surface area contributed by atoms with Gasteiger partial charge in [0.2, 0.25) is 0 Å². The van der Waals surface area contributed by atoms with E-state index in [0.717, 1.165) is 17.7 Å². The number of hydrazone groups is 1. The van der Waals surface area contributed by atoms with Gasteiger partial charge in [0.25, 0.3) is 11.8 Å². The highest BCUT2D eigenvalue weighted by molar-refractivity contribution is 5.94. The van der Waals surface area contributed by atoms with Gasteiger partial charge in [0, 0.05) is 31.7 Å². The summed E-state index contributed by atoms with van der Waals surface area (Å²) in [5.41, 5.74) is 3.02. The van der Waals surface area contributed by atoms with Crippen LogP contribution in [0.15, 0.2) is 60.2 Å². The van der Waals surface area contributed by atoms with Crippen molar-refractivity contribution in [2.45, 2.75) is 12.6 Å². The Kier molecular flexibility index (Phi) is 8.17. The molecule has 2 amide bonds. The fourth-order valence-electron chi connectivity index (χ4n) is 3.55. The highest BCUT2D eigenvalue weighted by atomic mass is 19.4. The number of carbonyl (C=O) groups is 2. The van der Waals surface area contributed by atoms with Gasteiger partial charge in [0.1, 0.15) is 5.82 Å². The summed E-state index contributed by atoms with van der Waals surface area (Å²) in [5.74, 6) is -1.12. The van der Waals surface area contributed by atoms with Crippen LogP contribution in [0.1, 0.15) is 27.0 Å². The minimum atomic E-state index is -4.45. The van der Waals surface area contributed by atoms with Gasteiger partial charge in [-0.25, -0.2) is 9.82 Å². The first-order valence-corrected chi connectivity index (χ1v) is 10.6. The third kappa shape index (κ3) is 6.98. The van der Waals surface area contributed by atoms with Crippen LogP contribution in [0, 0.1) is 5.82 Å². The van der Waals surface area contributed by atoms with E-state index in [9.17, 15) is 27.2 Å². The van der Waals surface area contributed by atoms with Crippen molar-refractivity contribution < 1.29 is 27.2 Å². The fraction of sp³-hybridized carbons (Fsp3) is 0.292. The van der Waals surface area contributed by atoms with Gasteiger partial charge in [-0.1, -0.05) is 6.08 Å². The maximum absolute atomic E-state index is 13.6. The van der Waals surface area contributed by atoms with E-state index in [4.69, 9.17) is 0 Å². The van der Waals surface area contributed by atoms with E-state index in [-0.39, 0.29) is 23.9 Å². The lowest BCUT2D eigenvalue weighted by molar-refractivity contribution is -0.137. The summed E-state index contributed by atoms with van der Waals surface area (Å²) in [6.07, 6.45) is -0.926. The number of allylic oxidation sites excluding steroid dienone is 1. The summed E-state index contributed by atoms with van der Waals surface area (Å²) in [5, 5.41) is 3.87. The molecule has 3 rings (SSSR count). The fourth-order valence-corrected chi connectivity index (χ4v) is 3.55. The summed E-state index contributed by atoms with van der Waals surface area (Å²) in [6, 6.07) is 8.56. The van der Waals surface area contributed by atoms with E-state index in [2.05, 4.69) is 17.1 Å². The van der Waals surface area contributed by atoms with Crippen molar-refractivity contribution >= 4 is 18.0 Å². The highest BCUT2D eigenvalue weighted by Gasteiger charge is 2.30. The molecule has 180 valence electrons. The van der Waals surface area contributed by atoms with E-state index in [1.165, 1.54) is 30.5 Å². The maximum atomic E-state index is 13.6. The van der Waals surface area contributed by atoms with Crippen LogP contribution in [0.3, 0.4) is 0 Å². The SMILES string of the molecule is C=CCc1cc(F)cc(/C=N/NC(=O)CN2CCN(C(=O)c3ccc(C(F)(F)F)cc3)CC2)c1. The lowest BCUT2D eigenvalue weighted by atomic mass is 10.1. The van der Waals surface area contributed by atoms with Crippen LogP contribution < -0.4 is 5.43 Å². The maximum Gasteiger partial charge on any atom is 0.416 e. The Morgan fingerprint density at radius 1 is 1.06 bits per heavy atom. The van der Waals surface area contributed by atoms with Gasteiger partial charge in [0.05, 0.1) is 18.3 Å². The molecule has 1 fully saturated rings. The van der Waals surface area contributed by atoms with Crippen molar-refractivity contribution in [2.75, 3.05) is 32.7 Å². The number of hydrogen-bond donors (Lipinski definition) is 1. The quantitative estimate of drug-likeness (QED) is 0.288. The van der Waals surface area contributed by atoms with Crippen molar-refractivity contribution in [3.05, 3.63) is 83.2 Å². The molecule has 0 radical (unpaired) electrons. The van der Waals surface area contributed by atoms with E-state index in [1.54, 1.807) is 17.0 Å². The van der Waals surface area contributed by atoms with E-state index >= 15 is 0 Å². The van der Waals surface area contributed by atoms with Crippen LogP contribution >= 0.6 is 0 Å². The van der Waals surface area contributed by atoms with Crippen LogP contribution in [-0.2, 0) is 17.4 Å². The molecule has 0 unspecified atom stereocenters. The molecule has 34 heavy (non-hydrogen) atoms. The van der Waals surface area contributed by atoms with Gasteiger partial charge in [-0.3, -0.25) is 14.5 Å². The summed E-state index contributed by atoms with van der Waals surface area (Å²) in [6.45, 7) is 5.22. The van der Waals surface area contributed by atoms with Crippen LogP contribution in [-0.4, -0.2) is 60.6 Å². The molecular weight excluding hydrogens is 452 g/mol. The van der Waals surface area contributed by atoms with E-state index in [0.29, 0.717) is 38.2 Å². The van der Waals surface area contributed by atoms with Crippen LogP contribution in [0.5, 0.6) is 0 Å². The average molecular weight is 476 g/mol. The summed E-state index contributed by atoms with van der Waals surface area (Å²) >= 11 is 0. The van der Waals surface area contributed by atoms with Gasteiger partial charge >= 0.3 is 6.18 Å². The summed E-state index contributed by atoms with van der Waals surface area (Å²) in [4.78, 5) is 28.1. The van der Waals surface area contributed by atoms with Crippen molar-refractivity contribution in [2.24, 2.45) is 5.10 Å². The number of rotatable bonds is 7. The Morgan fingerprint density at radius 3 is 2.35 bits per heavy atom. The second-order valence-electron chi connectivity index (χ2n) is 7.82. The third-order valence-corrected chi connectivity index (χ3v) is 5.25. The molecule has 0 saturated carbocycles. The molecule has 0 bridgehead atoms. The highest BCUT2D eigenvalue weighted by Crippen LogP contribution is 2.29. The number of halogens is 4. The molecule has 0 atom stereocenters. The monoisotopic (exact) mass is 476 g/mol. The van der Waals surface area contributed by atoms with Crippen LogP contribution in [0.4, 0.5) is 17.6 Å². The van der Waals surface area contributed by atoms with Crippen molar-refractivity contribution in [3.63, 3.8) is 0 Å². The molecule has 0 aromatic heterocycles. The van der Waals surface area contributed by atoms with E-state index < -0.39 is 17.6 Å².